The summed E-state index contributed by atoms with van der Waals surface area (Å²) in [5.74, 6) is -0.0894. The Kier molecular flexibility index (Phi) is 3.59. The van der Waals surface area contributed by atoms with Crippen molar-refractivity contribution in [3.05, 3.63) is 41.0 Å². The zero-order valence-corrected chi connectivity index (χ0v) is 11.9. The second-order valence-electron chi connectivity index (χ2n) is 4.93. The number of rotatable bonds is 1. The van der Waals surface area contributed by atoms with Gasteiger partial charge >= 0.3 is 0 Å². The van der Waals surface area contributed by atoms with E-state index in [1.807, 2.05) is 31.2 Å². The van der Waals surface area contributed by atoms with E-state index >= 15 is 0 Å². The third-order valence-corrected chi connectivity index (χ3v) is 3.83. The highest BCUT2D eigenvalue weighted by Gasteiger charge is 2.26. The van der Waals surface area contributed by atoms with Crippen LogP contribution in [-0.4, -0.2) is 41.6 Å². The largest absolute Gasteiger partial charge is 0.377 e. The maximum Gasteiger partial charge on any atom is 0.272 e. The lowest BCUT2D eigenvalue weighted by molar-refractivity contribution is 0.00329. The highest BCUT2D eigenvalue weighted by atomic mass is 35.5. The number of ether oxygens (including phenoxy) is 1. The maximum atomic E-state index is 12.6. The van der Waals surface area contributed by atoms with E-state index < -0.39 is 0 Å². The normalized spacial score (nSPS) is 19.3. The number of pyridine rings is 1. The van der Waals surface area contributed by atoms with E-state index in [0.717, 1.165) is 10.9 Å². The van der Waals surface area contributed by atoms with Gasteiger partial charge in [0.05, 0.1) is 29.8 Å². The summed E-state index contributed by atoms with van der Waals surface area (Å²) in [6.45, 7) is 3.69. The number of benzene rings is 1. The van der Waals surface area contributed by atoms with Crippen LogP contribution in [0.2, 0.25) is 5.02 Å². The van der Waals surface area contributed by atoms with Crippen molar-refractivity contribution in [1.29, 1.82) is 0 Å². The number of aromatic nitrogens is 1. The summed E-state index contributed by atoms with van der Waals surface area (Å²) in [6.07, 6.45) is 0. The van der Waals surface area contributed by atoms with Gasteiger partial charge in [-0.3, -0.25) is 4.79 Å². The van der Waals surface area contributed by atoms with Crippen LogP contribution >= 0.6 is 11.6 Å². The molecule has 0 N–H and O–H groups in total. The van der Waals surface area contributed by atoms with Crippen LogP contribution in [0, 0.1) is 0 Å². The number of nitrogens with zero attached hydrogens (tertiary/aromatic N) is 2. The maximum absolute atomic E-state index is 12.6. The van der Waals surface area contributed by atoms with Gasteiger partial charge in [0.1, 0.15) is 5.69 Å². The average molecular weight is 291 g/mol. The molecule has 2 aromatic rings. The minimum Gasteiger partial charge on any atom is -0.377 e. The van der Waals surface area contributed by atoms with E-state index in [1.54, 1.807) is 11.0 Å². The number of carbonyl (C=O) groups is 1. The van der Waals surface area contributed by atoms with Crippen LogP contribution < -0.4 is 0 Å². The van der Waals surface area contributed by atoms with Crippen LogP contribution in [0.25, 0.3) is 10.9 Å². The Hall–Kier alpha value is -1.65. The van der Waals surface area contributed by atoms with Crippen molar-refractivity contribution in [2.75, 3.05) is 19.8 Å². The molecular formula is C15H15ClN2O2. The van der Waals surface area contributed by atoms with Crippen LogP contribution in [0.4, 0.5) is 0 Å². The Balaban J connectivity index is 1.99. The average Bonchev–Trinajstić information content (AvgIpc) is 2.47. The first-order chi connectivity index (χ1) is 9.66. The summed E-state index contributed by atoms with van der Waals surface area (Å²) in [5.41, 5.74) is 1.13. The molecule has 1 amide bonds. The summed E-state index contributed by atoms with van der Waals surface area (Å²) >= 11 is 6.25. The molecule has 20 heavy (non-hydrogen) atoms. The number of halogens is 1. The summed E-state index contributed by atoms with van der Waals surface area (Å²) in [7, 11) is 0. The van der Waals surface area contributed by atoms with E-state index in [0.29, 0.717) is 30.5 Å². The minimum absolute atomic E-state index is 0.0586. The Morgan fingerprint density at radius 3 is 3.05 bits per heavy atom. The van der Waals surface area contributed by atoms with Crippen molar-refractivity contribution in [2.45, 2.75) is 13.0 Å². The number of amides is 1. The van der Waals surface area contributed by atoms with Crippen LogP contribution in [0.15, 0.2) is 30.3 Å². The molecular weight excluding hydrogens is 276 g/mol. The molecule has 0 spiro atoms. The summed E-state index contributed by atoms with van der Waals surface area (Å²) < 4.78 is 5.35. The number of hydrogen-bond donors (Lipinski definition) is 0. The van der Waals surface area contributed by atoms with Gasteiger partial charge < -0.3 is 9.64 Å². The molecule has 3 rings (SSSR count). The van der Waals surface area contributed by atoms with Crippen molar-refractivity contribution in [1.82, 2.24) is 9.88 Å². The van der Waals surface area contributed by atoms with Gasteiger partial charge in [0, 0.05) is 11.9 Å². The highest BCUT2D eigenvalue weighted by Crippen LogP contribution is 2.24. The Labute approximate surface area is 122 Å². The fraction of sp³-hybridized carbons (Fsp3) is 0.333. The van der Waals surface area contributed by atoms with Crippen LogP contribution in [0.1, 0.15) is 17.4 Å². The molecule has 2 heterocycles. The molecule has 1 atom stereocenters. The third kappa shape index (κ3) is 2.37. The van der Waals surface area contributed by atoms with E-state index in [2.05, 4.69) is 4.98 Å². The van der Waals surface area contributed by atoms with Crippen molar-refractivity contribution < 1.29 is 9.53 Å². The molecule has 0 radical (unpaired) electrons. The SMILES string of the molecule is CC1COCCN1C(=O)c1cc(Cl)c2ccccc2n1. The fourth-order valence-corrected chi connectivity index (χ4v) is 2.68. The lowest BCUT2D eigenvalue weighted by Gasteiger charge is -2.33. The minimum atomic E-state index is -0.0894. The first-order valence-electron chi connectivity index (χ1n) is 6.61. The van der Waals surface area contributed by atoms with Crippen molar-refractivity contribution >= 4 is 28.4 Å². The Morgan fingerprint density at radius 2 is 2.25 bits per heavy atom. The summed E-state index contributed by atoms with van der Waals surface area (Å²) in [4.78, 5) is 18.8. The summed E-state index contributed by atoms with van der Waals surface area (Å²) in [5, 5.41) is 1.42. The third-order valence-electron chi connectivity index (χ3n) is 3.51. The molecule has 1 saturated heterocycles. The summed E-state index contributed by atoms with van der Waals surface area (Å²) in [6, 6.07) is 9.26. The monoisotopic (exact) mass is 290 g/mol. The van der Waals surface area contributed by atoms with Gasteiger partial charge in [0.2, 0.25) is 0 Å². The number of fused-ring (bicyclic) bond motifs is 1. The van der Waals surface area contributed by atoms with Crippen LogP contribution in [-0.2, 0) is 4.74 Å². The Bertz CT molecular complexity index is 659. The first kappa shape index (κ1) is 13.3. The van der Waals surface area contributed by atoms with Gasteiger partial charge in [0.15, 0.2) is 0 Å². The number of hydrogen-bond acceptors (Lipinski definition) is 3. The smallest absolute Gasteiger partial charge is 0.272 e. The number of morpholine rings is 1. The molecule has 1 fully saturated rings. The molecule has 1 aliphatic rings. The second-order valence-corrected chi connectivity index (χ2v) is 5.34. The van der Waals surface area contributed by atoms with E-state index in [-0.39, 0.29) is 11.9 Å². The fourth-order valence-electron chi connectivity index (χ4n) is 2.42. The zero-order valence-electron chi connectivity index (χ0n) is 11.2. The molecule has 1 aliphatic heterocycles. The van der Waals surface area contributed by atoms with Gasteiger partial charge in [-0.05, 0) is 19.1 Å². The van der Waals surface area contributed by atoms with Gasteiger partial charge in [-0.15, -0.1) is 0 Å². The quantitative estimate of drug-likeness (QED) is 0.811. The predicted octanol–water partition coefficient (Wildman–Crippen LogP) is 2.75. The molecule has 5 heteroatoms. The molecule has 1 aromatic carbocycles. The van der Waals surface area contributed by atoms with Gasteiger partial charge in [0.25, 0.3) is 5.91 Å². The molecule has 104 valence electrons. The predicted molar refractivity (Wildman–Crippen MR) is 78.1 cm³/mol. The van der Waals surface area contributed by atoms with E-state index in [9.17, 15) is 4.79 Å². The van der Waals surface area contributed by atoms with Crippen LogP contribution in [0.3, 0.4) is 0 Å². The zero-order chi connectivity index (χ0) is 14.1. The number of carbonyl (C=O) groups excluding carboxylic acids is 1. The number of para-hydroxylation sites is 1. The van der Waals surface area contributed by atoms with Crippen molar-refractivity contribution in [2.24, 2.45) is 0 Å². The van der Waals surface area contributed by atoms with E-state index in [4.69, 9.17) is 16.3 Å². The first-order valence-corrected chi connectivity index (χ1v) is 6.98. The van der Waals surface area contributed by atoms with Gasteiger partial charge in [-0.1, -0.05) is 29.8 Å². The topological polar surface area (TPSA) is 42.4 Å². The molecule has 0 bridgehead atoms. The van der Waals surface area contributed by atoms with Gasteiger partial charge in [-0.25, -0.2) is 4.98 Å². The molecule has 0 saturated carbocycles. The highest BCUT2D eigenvalue weighted by molar-refractivity contribution is 6.35. The standard InChI is InChI=1S/C15H15ClN2O2/c1-10-9-20-7-6-18(10)15(19)14-8-12(16)11-4-2-3-5-13(11)17-14/h2-5,8,10H,6-7,9H2,1H3. The molecule has 4 nitrogen and oxygen atoms in total. The van der Waals surface area contributed by atoms with Crippen LogP contribution in [0.5, 0.6) is 0 Å². The lowest BCUT2D eigenvalue weighted by Crippen LogP contribution is -2.47. The van der Waals surface area contributed by atoms with E-state index in [1.165, 1.54) is 0 Å². The molecule has 0 aliphatic carbocycles. The molecule has 1 aromatic heterocycles. The molecule has 1 unspecified atom stereocenters. The second kappa shape index (κ2) is 5.38. The lowest BCUT2D eigenvalue weighted by atomic mass is 10.1. The van der Waals surface area contributed by atoms with Crippen molar-refractivity contribution in [3.63, 3.8) is 0 Å². The Morgan fingerprint density at radius 1 is 1.45 bits per heavy atom. The van der Waals surface area contributed by atoms with Gasteiger partial charge in [-0.2, -0.15) is 0 Å². The van der Waals surface area contributed by atoms with Crippen molar-refractivity contribution in [3.8, 4) is 0 Å².